The SMILES string of the molecule is CCOc1cccc(/C(O)=C2\C(=O)C(=O)N(c3cccc(F)c3)C2c2cccnc2)c1. The molecule has 1 fully saturated rings. The fourth-order valence-corrected chi connectivity index (χ4v) is 3.63. The fourth-order valence-electron chi connectivity index (χ4n) is 3.63. The molecule has 1 amide bonds. The maximum atomic E-state index is 13.9. The zero-order chi connectivity index (χ0) is 22.0. The van der Waals surface area contributed by atoms with E-state index in [4.69, 9.17) is 4.74 Å². The van der Waals surface area contributed by atoms with Crippen LogP contribution in [0, 0.1) is 5.82 Å². The minimum Gasteiger partial charge on any atom is -0.507 e. The fraction of sp³-hybridized carbons (Fsp3) is 0.125. The molecule has 7 heteroatoms. The van der Waals surface area contributed by atoms with Crippen molar-refractivity contribution in [1.29, 1.82) is 0 Å². The molecule has 1 saturated heterocycles. The van der Waals surface area contributed by atoms with Gasteiger partial charge in [0.25, 0.3) is 11.7 Å². The molecule has 1 atom stereocenters. The summed E-state index contributed by atoms with van der Waals surface area (Å²) in [5.41, 5.74) is 0.944. The van der Waals surface area contributed by atoms with Gasteiger partial charge in [-0.15, -0.1) is 0 Å². The lowest BCUT2D eigenvalue weighted by Crippen LogP contribution is -2.29. The predicted molar refractivity (Wildman–Crippen MR) is 113 cm³/mol. The van der Waals surface area contributed by atoms with Gasteiger partial charge in [-0.2, -0.15) is 0 Å². The Balaban J connectivity index is 1.92. The second kappa shape index (κ2) is 8.39. The van der Waals surface area contributed by atoms with Crippen molar-refractivity contribution in [1.82, 2.24) is 4.98 Å². The van der Waals surface area contributed by atoms with Crippen LogP contribution in [0.3, 0.4) is 0 Å². The molecule has 0 radical (unpaired) electrons. The van der Waals surface area contributed by atoms with Gasteiger partial charge in [-0.3, -0.25) is 19.5 Å². The topological polar surface area (TPSA) is 79.7 Å². The summed E-state index contributed by atoms with van der Waals surface area (Å²) >= 11 is 0. The molecule has 2 aromatic carbocycles. The first-order chi connectivity index (χ1) is 15.0. The number of benzene rings is 2. The lowest BCUT2D eigenvalue weighted by molar-refractivity contribution is -0.132. The van der Waals surface area contributed by atoms with E-state index in [-0.39, 0.29) is 17.0 Å². The van der Waals surface area contributed by atoms with Crippen LogP contribution in [0.25, 0.3) is 5.76 Å². The summed E-state index contributed by atoms with van der Waals surface area (Å²) in [6, 6.07) is 14.4. The number of pyridine rings is 1. The molecular weight excluding hydrogens is 399 g/mol. The summed E-state index contributed by atoms with van der Waals surface area (Å²) in [5, 5.41) is 11.1. The molecule has 1 aromatic heterocycles. The number of aromatic nitrogens is 1. The number of hydrogen-bond donors (Lipinski definition) is 1. The van der Waals surface area contributed by atoms with Gasteiger partial charge in [0.05, 0.1) is 18.2 Å². The van der Waals surface area contributed by atoms with E-state index < -0.39 is 23.5 Å². The molecule has 0 spiro atoms. The number of ether oxygens (including phenoxy) is 1. The Morgan fingerprint density at radius 3 is 2.65 bits per heavy atom. The van der Waals surface area contributed by atoms with Crippen LogP contribution in [0.2, 0.25) is 0 Å². The van der Waals surface area contributed by atoms with Crippen molar-refractivity contribution in [2.24, 2.45) is 0 Å². The van der Waals surface area contributed by atoms with Gasteiger partial charge in [0.15, 0.2) is 0 Å². The third-order valence-corrected chi connectivity index (χ3v) is 4.95. The Labute approximate surface area is 178 Å². The summed E-state index contributed by atoms with van der Waals surface area (Å²) in [5.74, 6) is -2.09. The first-order valence-electron chi connectivity index (χ1n) is 9.71. The minimum atomic E-state index is -0.966. The molecule has 31 heavy (non-hydrogen) atoms. The van der Waals surface area contributed by atoms with Crippen molar-refractivity contribution in [3.63, 3.8) is 0 Å². The van der Waals surface area contributed by atoms with Crippen LogP contribution in [0.1, 0.15) is 24.1 Å². The number of anilines is 1. The van der Waals surface area contributed by atoms with E-state index in [9.17, 15) is 19.1 Å². The van der Waals surface area contributed by atoms with Crippen molar-refractivity contribution in [2.75, 3.05) is 11.5 Å². The van der Waals surface area contributed by atoms with Gasteiger partial charge in [-0.25, -0.2) is 4.39 Å². The molecule has 0 saturated carbocycles. The molecule has 3 aromatic rings. The third-order valence-electron chi connectivity index (χ3n) is 4.95. The number of carbonyl (C=O) groups excluding carboxylic acids is 2. The van der Waals surface area contributed by atoms with Crippen molar-refractivity contribution in [3.05, 3.63) is 95.6 Å². The third kappa shape index (κ3) is 3.77. The zero-order valence-electron chi connectivity index (χ0n) is 16.7. The summed E-state index contributed by atoms with van der Waals surface area (Å²) in [6.07, 6.45) is 3.07. The smallest absolute Gasteiger partial charge is 0.300 e. The van der Waals surface area contributed by atoms with E-state index in [1.54, 1.807) is 42.6 Å². The number of aliphatic hydroxyl groups is 1. The van der Waals surface area contributed by atoms with Gasteiger partial charge in [0.2, 0.25) is 0 Å². The number of rotatable bonds is 5. The molecule has 1 aliphatic heterocycles. The quantitative estimate of drug-likeness (QED) is 0.381. The molecule has 156 valence electrons. The van der Waals surface area contributed by atoms with Crippen LogP contribution in [0.4, 0.5) is 10.1 Å². The number of amides is 1. The van der Waals surface area contributed by atoms with Gasteiger partial charge in [-0.1, -0.05) is 24.3 Å². The van der Waals surface area contributed by atoms with Crippen molar-refractivity contribution < 1.29 is 23.8 Å². The van der Waals surface area contributed by atoms with E-state index in [1.165, 1.54) is 35.4 Å². The summed E-state index contributed by atoms with van der Waals surface area (Å²) in [4.78, 5) is 31.3. The Hall–Kier alpha value is -4.00. The Morgan fingerprint density at radius 2 is 1.94 bits per heavy atom. The molecule has 0 aliphatic carbocycles. The lowest BCUT2D eigenvalue weighted by Gasteiger charge is -2.25. The van der Waals surface area contributed by atoms with Crippen LogP contribution in [-0.2, 0) is 9.59 Å². The molecule has 6 nitrogen and oxygen atoms in total. The maximum absolute atomic E-state index is 13.9. The number of halogens is 1. The van der Waals surface area contributed by atoms with Gasteiger partial charge >= 0.3 is 0 Å². The van der Waals surface area contributed by atoms with Crippen LogP contribution < -0.4 is 9.64 Å². The largest absolute Gasteiger partial charge is 0.507 e. The van der Waals surface area contributed by atoms with Crippen molar-refractivity contribution in [2.45, 2.75) is 13.0 Å². The highest BCUT2D eigenvalue weighted by Crippen LogP contribution is 2.42. The number of Topliss-reactive ketones (excluding diaryl/α,β-unsaturated/α-hetero) is 1. The Morgan fingerprint density at radius 1 is 1.13 bits per heavy atom. The summed E-state index contributed by atoms with van der Waals surface area (Å²) in [7, 11) is 0. The van der Waals surface area contributed by atoms with E-state index in [1.807, 2.05) is 6.92 Å². The van der Waals surface area contributed by atoms with Crippen LogP contribution >= 0.6 is 0 Å². The van der Waals surface area contributed by atoms with Crippen molar-refractivity contribution in [3.8, 4) is 5.75 Å². The van der Waals surface area contributed by atoms with Crippen molar-refractivity contribution >= 4 is 23.1 Å². The normalized spacial score (nSPS) is 17.7. The molecule has 1 N–H and O–H groups in total. The van der Waals surface area contributed by atoms with Crippen LogP contribution in [0.5, 0.6) is 5.75 Å². The first-order valence-corrected chi connectivity index (χ1v) is 9.71. The zero-order valence-corrected chi connectivity index (χ0v) is 16.7. The highest BCUT2D eigenvalue weighted by molar-refractivity contribution is 6.51. The number of hydrogen-bond acceptors (Lipinski definition) is 5. The standard InChI is InChI=1S/C24H19FN2O4/c1-2-31-19-10-3-6-15(12-19)22(28)20-21(16-7-5-11-26-14-16)27(24(30)23(20)29)18-9-4-8-17(25)13-18/h3-14,21,28H,2H2,1H3/b22-20+. The molecule has 0 bridgehead atoms. The summed E-state index contributed by atoms with van der Waals surface area (Å²) in [6.45, 7) is 2.27. The Kier molecular flexibility index (Phi) is 5.49. The second-order valence-electron chi connectivity index (χ2n) is 6.90. The van der Waals surface area contributed by atoms with Crippen LogP contribution in [-0.4, -0.2) is 28.4 Å². The van der Waals surface area contributed by atoms with E-state index in [2.05, 4.69) is 4.98 Å². The number of aliphatic hydroxyl groups excluding tert-OH is 1. The maximum Gasteiger partial charge on any atom is 0.300 e. The minimum absolute atomic E-state index is 0.101. The van der Waals surface area contributed by atoms with Gasteiger partial charge in [0.1, 0.15) is 17.3 Å². The predicted octanol–water partition coefficient (Wildman–Crippen LogP) is 4.25. The van der Waals surface area contributed by atoms with E-state index in [0.29, 0.717) is 23.5 Å². The molecule has 1 aliphatic rings. The Bertz CT molecular complexity index is 1180. The number of carbonyl (C=O) groups is 2. The lowest BCUT2D eigenvalue weighted by atomic mass is 9.96. The number of nitrogens with zero attached hydrogens (tertiary/aromatic N) is 2. The van der Waals surface area contributed by atoms with E-state index in [0.717, 1.165) is 0 Å². The first kappa shape index (κ1) is 20.3. The van der Waals surface area contributed by atoms with Gasteiger partial charge < -0.3 is 9.84 Å². The monoisotopic (exact) mass is 418 g/mol. The average Bonchev–Trinajstić information content (AvgIpc) is 3.05. The summed E-state index contributed by atoms with van der Waals surface area (Å²) < 4.78 is 19.4. The molecule has 2 heterocycles. The molecular formula is C24H19FN2O4. The van der Waals surface area contributed by atoms with Gasteiger partial charge in [-0.05, 0) is 48.9 Å². The van der Waals surface area contributed by atoms with E-state index >= 15 is 0 Å². The highest BCUT2D eigenvalue weighted by atomic mass is 19.1. The second-order valence-corrected chi connectivity index (χ2v) is 6.90. The molecule has 4 rings (SSSR count). The highest BCUT2D eigenvalue weighted by Gasteiger charge is 2.47. The van der Waals surface area contributed by atoms with Gasteiger partial charge in [0, 0.05) is 23.6 Å². The number of ketones is 1. The molecule has 1 unspecified atom stereocenters. The van der Waals surface area contributed by atoms with Crippen LogP contribution in [0.15, 0.2) is 78.6 Å². The average molecular weight is 418 g/mol.